The Morgan fingerprint density at radius 1 is 1.11 bits per heavy atom. The number of hydrogen-bond acceptors (Lipinski definition) is 3. The molecule has 2 aromatic rings. The molecule has 0 radical (unpaired) electrons. The molecule has 102 valence electrons. The molecule has 0 amide bonds. The third-order valence-corrected chi connectivity index (χ3v) is 6.03. The van der Waals surface area contributed by atoms with Gasteiger partial charge in [-0.3, -0.25) is 0 Å². The lowest BCUT2D eigenvalue weighted by Gasteiger charge is -2.13. The quantitative estimate of drug-likeness (QED) is 0.914. The van der Waals surface area contributed by atoms with Crippen molar-refractivity contribution in [1.82, 2.24) is 4.72 Å². The first-order valence-corrected chi connectivity index (χ1v) is 8.47. The fraction of sp³-hybridized carbons (Fsp3) is 0.167. The van der Waals surface area contributed by atoms with Crippen LogP contribution < -0.4 is 4.72 Å². The highest BCUT2D eigenvalue weighted by atomic mass is 35.5. The SMILES string of the molecule is C[C@@H](NS(=O)(=O)c1ccc(Cl)s1)c1ccc(Cl)cc1. The van der Waals surface area contributed by atoms with Crippen LogP contribution in [0.5, 0.6) is 0 Å². The van der Waals surface area contributed by atoms with E-state index in [9.17, 15) is 8.42 Å². The monoisotopic (exact) mass is 335 g/mol. The third-order valence-electron chi connectivity index (χ3n) is 2.52. The Labute approximate surface area is 126 Å². The maximum Gasteiger partial charge on any atom is 0.250 e. The molecule has 0 aliphatic heterocycles. The summed E-state index contributed by atoms with van der Waals surface area (Å²) < 4.78 is 27.5. The molecule has 1 aromatic heterocycles. The Hall–Kier alpha value is -0.590. The maximum absolute atomic E-state index is 12.1. The standard InChI is InChI=1S/C12H11Cl2NO2S2/c1-8(9-2-4-10(13)5-3-9)15-19(16,17)12-7-6-11(14)18-12/h2-8,15H,1H3/t8-/m1/s1. The molecule has 0 fully saturated rings. The molecular formula is C12H11Cl2NO2S2. The van der Waals surface area contributed by atoms with Crippen LogP contribution in [0.4, 0.5) is 0 Å². The van der Waals surface area contributed by atoms with E-state index in [1.54, 1.807) is 37.3 Å². The van der Waals surface area contributed by atoms with Crippen LogP contribution in [0.2, 0.25) is 9.36 Å². The minimum atomic E-state index is -3.55. The zero-order valence-corrected chi connectivity index (χ0v) is 13.1. The summed E-state index contributed by atoms with van der Waals surface area (Å²) in [4.78, 5) is 0. The molecule has 1 N–H and O–H groups in total. The zero-order chi connectivity index (χ0) is 14.0. The van der Waals surface area contributed by atoms with Gasteiger partial charge >= 0.3 is 0 Å². The first-order valence-electron chi connectivity index (χ1n) is 5.41. The molecule has 0 bridgehead atoms. The number of sulfonamides is 1. The Kier molecular flexibility index (Phi) is 4.53. The fourth-order valence-corrected chi connectivity index (χ4v) is 4.41. The van der Waals surface area contributed by atoms with Gasteiger partial charge in [-0.15, -0.1) is 11.3 Å². The maximum atomic E-state index is 12.1. The van der Waals surface area contributed by atoms with Crippen LogP contribution in [0.3, 0.4) is 0 Å². The number of benzene rings is 1. The van der Waals surface area contributed by atoms with Gasteiger partial charge in [0.2, 0.25) is 0 Å². The van der Waals surface area contributed by atoms with Crippen LogP contribution in [0.15, 0.2) is 40.6 Å². The normalized spacial score (nSPS) is 13.4. The molecular weight excluding hydrogens is 325 g/mol. The first-order chi connectivity index (χ1) is 8.88. The largest absolute Gasteiger partial charge is 0.250 e. The van der Waals surface area contributed by atoms with Crippen LogP contribution in [0.25, 0.3) is 0 Å². The molecule has 0 aliphatic carbocycles. The Morgan fingerprint density at radius 3 is 2.26 bits per heavy atom. The van der Waals surface area contributed by atoms with Crippen LogP contribution >= 0.6 is 34.5 Å². The van der Waals surface area contributed by atoms with Gasteiger partial charge in [0.15, 0.2) is 0 Å². The second-order valence-electron chi connectivity index (χ2n) is 3.95. The lowest BCUT2D eigenvalue weighted by Crippen LogP contribution is -2.26. The van der Waals surface area contributed by atoms with Crippen molar-refractivity contribution < 1.29 is 8.42 Å². The summed E-state index contributed by atoms with van der Waals surface area (Å²) in [6, 6.07) is 9.74. The minimum Gasteiger partial charge on any atom is -0.206 e. The van der Waals surface area contributed by atoms with Gasteiger partial charge in [-0.25, -0.2) is 13.1 Å². The number of hydrogen-bond donors (Lipinski definition) is 1. The van der Waals surface area contributed by atoms with Crippen molar-refractivity contribution in [2.24, 2.45) is 0 Å². The zero-order valence-electron chi connectivity index (χ0n) is 9.93. The fourth-order valence-electron chi connectivity index (χ4n) is 1.55. The molecule has 0 saturated heterocycles. The molecule has 0 aliphatic rings. The van der Waals surface area contributed by atoms with Gasteiger partial charge in [0.05, 0.1) is 4.34 Å². The second kappa shape index (κ2) is 5.81. The van der Waals surface area contributed by atoms with Crippen LogP contribution in [0, 0.1) is 0 Å². The highest BCUT2D eigenvalue weighted by Crippen LogP contribution is 2.27. The highest BCUT2D eigenvalue weighted by Gasteiger charge is 2.20. The van der Waals surface area contributed by atoms with E-state index in [-0.39, 0.29) is 10.3 Å². The first kappa shape index (κ1) is 14.8. The molecule has 1 aromatic carbocycles. The van der Waals surface area contributed by atoms with Crippen molar-refractivity contribution in [2.75, 3.05) is 0 Å². The van der Waals surface area contributed by atoms with Crippen molar-refractivity contribution in [3.05, 3.63) is 51.3 Å². The van der Waals surface area contributed by atoms with Gasteiger partial charge in [0.1, 0.15) is 4.21 Å². The summed E-state index contributed by atoms with van der Waals surface area (Å²) in [6.45, 7) is 1.77. The van der Waals surface area contributed by atoms with Crippen molar-refractivity contribution >= 4 is 44.6 Å². The summed E-state index contributed by atoms with van der Waals surface area (Å²) in [5, 5.41) is 0.615. The van der Waals surface area contributed by atoms with Gasteiger partial charge in [0, 0.05) is 11.1 Å². The Balaban J connectivity index is 2.18. The molecule has 0 saturated carbocycles. The second-order valence-corrected chi connectivity index (χ2v) is 8.05. The van der Waals surface area contributed by atoms with Crippen molar-refractivity contribution in [3.63, 3.8) is 0 Å². The smallest absolute Gasteiger partial charge is 0.206 e. The average molecular weight is 336 g/mol. The van der Waals surface area contributed by atoms with Gasteiger partial charge < -0.3 is 0 Å². The topological polar surface area (TPSA) is 46.2 Å². The van der Waals surface area contributed by atoms with Crippen LogP contribution in [-0.4, -0.2) is 8.42 Å². The number of nitrogens with one attached hydrogen (secondary N) is 1. The van der Waals surface area contributed by atoms with E-state index < -0.39 is 10.0 Å². The Bertz CT molecular complexity index is 665. The van der Waals surface area contributed by atoms with Gasteiger partial charge in [-0.2, -0.15) is 0 Å². The van der Waals surface area contributed by atoms with E-state index in [1.807, 2.05) is 0 Å². The van der Waals surface area contributed by atoms with Crippen molar-refractivity contribution in [1.29, 1.82) is 0 Å². The molecule has 3 nitrogen and oxygen atoms in total. The van der Waals surface area contributed by atoms with E-state index in [1.165, 1.54) is 6.07 Å². The molecule has 1 atom stereocenters. The van der Waals surface area contributed by atoms with Crippen LogP contribution in [0.1, 0.15) is 18.5 Å². The molecule has 7 heteroatoms. The summed E-state index contributed by atoms with van der Waals surface area (Å²) in [5.74, 6) is 0. The third kappa shape index (κ3) is 3.70. The molecule has 0 spiro atoms. The predicted octanol–water partition coefficient (Wildman–Crippen LogP) is 4.09. The minimum absolute atomic E-state index is 0.207. The van der Waals surface area contributed by atoms with E-state index in [4.69, 9.17) is 23.2 Å². The average Bonchev–Trinajstić information content (AvgIpc) is 2.77. The van der Waals surface area contributed by atoms with Crippen molar-refractivity contribution in [3.8, 4) is 0 Å². The van der Waals surface area contributed by atoms with Gasteiger partial charge in [-0.1, -0.05) is 35.3 Å². The molecule has 2 rings (SSSR count). The van der Waals surface area contributed by atoms with E-state index in [0.717, 1.165) is 16.9 Å². The summed E-state index contributed by atoms with van der Waals surface area (Å²) in [6.07, 6.45) is 0. The van der Waals surface area contributed by atoms with E-state index in [0.29, 0.717) is 9.36 Å². The number of halogens is 2. The van der Waals surface area contributed by atoms with E-state index >= 15 is 0 Å². The van der Waals surface area contributed by atoms with Gasteiger partial charge in [-0.05, 0) is 36.8 Å². The van der Waals surface area contributed by atoms with E-state index in [2.05, 4.69) is 4.72 Å². The summed E-state index contributed by atoms with van der Waals surface area (Å²) in [5.41, 5.74) is 0.843. The lowest BCUT2D eigenvalue weighted by atomic mass is 10.1. The van der Waals surface area contributed by atoms with Gasteiger partial charge in [0.25, 0.3) is 10.0 Å². The van der Waals surface area contributed by atoms with Crippen molar-refractivity contribution in [2.45, 2.75) is 17.2 Å². The number of rotatable bonds is 4. The summed E-state index contributed by atoms with van der Waals surface area (Å²) in [7, 11) is -3.55. The predicted molar refractivity (Wildman–Crippen MR) is 79.5 cm³/mol. The Morgan fingerprint density at radius 2 is 1.74 bits per heavy atom. The lowest BCUT2D eigenvalue weighted by molar-refractivity contribution is 0.569. The summed E-state index contributed by atoms with van der Waals surface area (Å²) >= 11 is 12.6. The molecule has 19 heavy (non-hydrogen) atoms. The van der Waals surface area contributed by atoms with Crippen LogP contribution in [-0.2, 0) is 10.0 Å². The molecule has 0 unspecified atom stereocenters. The molecule has 1 heterocycles. The highest BCUT2D eigenvalue weighted by molar-refractivity contribution is 7.91. The number of thiophene rings is 1.